The van der Waals surface area contributed by atoms with Gasteiger partial charge in [-0.05, 0) is 37.4 Å². The van der Waals surface area contributed by atoms with Gasteiger partial charge in [0.1, 0.15) is 5.76 Å². The van der Waals surface area contributed by atoms with Crippen molar-refractivity contribution in [2.24, 2.45) is 11.3 Å². The summed E-state index contributed by atoms with van der Waals surface area (Å²) in [4.78, 5) is 12.1. The van der Waals surface area contributed by atoms with E-state index in [4.69, 9.17) is 13.9 Å². The number of allylic oxidation sites excluding steroid dienone is 1. The molecule has 4 nitrogen and oxygen atoms in total. The predicted molar refractivity (Wildman–Crippen MR) is 107 cm³/mol. The zero-order valence-corrected chi connectivity index (χ0v) is 19.0. The number of esters is 1. The standard InChI is InChI=1S/C21H36O4Si/c1-15-13-20(6,10-11-24-26(8,9)19(3,4)5)21(14-16(15)2)17(23-7)12-18(22)25-21/h12-13,16H,10-11,14H2,1-9H3/t16-,20-,21-/m0/s1. The Hall–Kier alpha value is -1.07. The lowest BCUT2D eigenvalue weighted by molar-refractivity contribution is -0.162. The van der Waals surface area contributed by atoms with E-state index in [2.05, 4.69) is 60.7 Å². The van der Waals surface area contributed by atoms with E-state index in [1.807, 2.05) is 0 Å². The predicted octanol–water partition coefficient (Wildman–Crippen LogP) is 5.22. The van der Waals surface area contributed by atoms with Gasteiger partial charge in [-0.3, -0.25) is 0 Å². The molecule has 2 rings (SSSR count). The Labute approximate surface area is 160 Å². The molecule has 1 aliphatic carbocycles. The number of carbonyl (C=O) groups is 1. The Morgan fingerprint density at radius 1 is 1.35 bits per heavy atom. The second-order valence-electron chi connectivity index (χ2n) is 9.73. The summed E-state index contributed by atoms with van der Waals surface area (Å²) in [5.41, 5.74) is 0.262. The molecule has 0 N–H and O–H groups in total. The van der Waals surface area contributed by atoms with Gasteiger partial charge < -0.3 is 13.9 Å². The van der Waals surface area contributed by atoms with Crippen LogP contribution in [-0.4, -0.2) is 33.6 Å². The monoisotopic (exact) mass is 380 g/mol. The van der Waals surface area contributed by atoms with Crippen LogP contribution in [0.15, 0.2) is 23.5 Å². The Bertz CT molecular complexity index is 628. The largest absolute Gasteiger partial charge is 0.497 e. The number of rotatable bonds is 5. The molecule has 0 aromatic rings. The maximum absolute atomic E-state index is 12.1. The van der Waals surface area contributed by atoms with Crippen LogP contribution in [0.1, 0.15) is 54.4 Å². The molecular formula is C21H36O4Si. The van der Waals surface area contributed by atoms with Gasteiger partial charge in [-0.25, -0.2) is 4.79 Å². The van der Waals surface area contributed by atoms with Crippen molar-refractivity contribution in [2.45, 2.75) is 78.1 Å². The van der Waals surface area contributed by atoms with Crippen molar-refractivity contribution in [3.05, 3.63) is 23.5 Å². The van der Waals surface area contributed by atoms with Gasteiger partial charge >= 0.3 is 5.97 Å². The number of methoxy groups -OCH3 is 1. The van der Waals surface area contributed by atoms with Crippen LogP contribution in [0.4, 0.5) is 0 Å². The smallest absolute Gasteiger partial charge is 0.335 e. The second kappa shape index (κ2) is 6.83. The molecule has 0 aromatic heterocycles. The minimum Gasteiger partial charge on any atom is -0.497 e. The first kappa shape index (κ1) is 21.2. The highest BCUT2D eigenvalue weighted by Crippen LogP contribution is 2.55. The first-order chi connectivity index (χ1) is 11.8. The van der Waals surface area contributed by atoms with E-state index in [1.54, 1.807) is 7.11 Å². The highest BCUT2D eigenvalue weighted by atomic mass is 28.4. The highest BCUT2D eigenvalue weighted by Gasteiger charge is 2.59. The first-order valence-electron chi connectivity index (χ1n) is 9.60. The van der Waals surface area contributed by atoms with Gasteiger partial charge in [-0.2, -0.15) is 0 Å². The lowest BCUT2D eigenvalue weighted by Crippen LogP contribution is -2.52. The molecule has 148 valence electrons. The SMILES string of the molecule is COC1=CC(=O)O[C@@]12C[C@H](C)C(C)=C[C@]2(C)CCO[Si](C)(C)C(C)(C)C. The van der Waals surface area contributed by atoms with E-state index >= 15 is 0 Å². The molecule has 1 spiro atoms. The fraction of sp³-hybridized carbons (Fsp3) is 0.762. The zero-order chi connectivity index (χ0) is 20.0. The summed E-state index contributed by atoms with van der Waals surface area (Å²) in [5, 5.41) is 0.176. The molecule has 1 heterocycles. The van der Waals surface area contributed by atoms with Crippen LogP contribution in [0.25, 0.3) is 0 Å². The van der Waals surface area contributed by atoms with Crippen LogP contribution in [-0.2, 0) is 18.7 Å². The van der Waals surface area contributed by atoms with E-state index in [0.717, 1.165) is 12.8 Å². The summed E-state index contributed by atoms with van der Waals surface area (Å²) in [6.07, 6.45) is 5.32. The van der Waals surface area contributed by atoms with Gasteiger partial charge in [0.2, 0.25) is 0 Å². The Morgan fingerprint density at radius 3 is 2.50 bits per heavy atom. The molecule has 0 bridgehead atoms. The number of hydrogen-bond donors (Lipinski definition) is 0. The molecular weight excluding hydrogens is 344 g/mol. The van der Waals surface area contributed by atoms with Crippen LogP contribution in [0, 0.1) is 11.3 Å². The van der Waals surface area contributed by atoms with E-state index in [9.17, 15) is 4.79 Å². The van der Waals surface area contributed by atoms with Gasteiger partial charge in [0.05, 0.1) is 13.2 Å². The molecule has 0 saturated heterocycles. The lowest BCUT2D eigenvalue weighted by atomic mass is 9.61. The van der Waals surface area contributed by atoms with E-state index in [1.165, 1.54) is 11.6 Å². The Balaban J connectivity index is 2.30. The summed E-state index contributed by atoms with van der Waals surface area (Å²) in [6, 6.07) is 0. The molecule has 0 aromatic carbocycles. The normalized spacial score (nSPS) is 32.3. The first-order valence-corrected chi connectivity index (χ1v) is 12.5. The van der Waals surface area contributed by atoms with Gasteiger partial charge in [0.25, 0.3) is 0 Å². The molecule has 0 fully saturated rings. The van der Waals surface area contributed by atoms with Crippen molar-refractivity contribution in [2.75, 3.05) is 13.7 Å². The van der Waals surface area contributed by atoms with Crippen molar-refractivity contribution in [3.63, 3.8) is 0 Å². The average molecular weight is 381 g/mol. The molecule has 3 atom stereocenters. The third-order valence-electron chi connectivity index (χ3n) is 6.87. The molecule has 0 radical (unpaired) electrons. The van der Waals surface area contributed by atoms with Crippen LogP contribution in [0.2, 0.25) is 18.1 Å². The van der Waals surface area contributed by atoms with Crippen LogP contribution in [0.3, 0.4) is 0 Å². The van der Waals surface area contributed by atoms with Gasteiger partial charge in [0.15, 0.2) is 13.9 Å². The van der Waals surface area contributed by atoms with E-state index in [0.29, 0.717) is 18.3 Å². The van der Waals surface area contributed by atoms with E-state index in [-0.39, 0.29) is 16.4 Å². The van der Waals surface area contributed by atoms with Crippen molar-refractivity contribution >= 4 is 14.3 Å². The van der Waals surface area contributed by atoms with Crippen molar-refractivity contribution in [1.29, 1.82) is 0 Å². The lowest BCUT2D eigenvalue weighted by Gasteiger charge is -2.49. The van der Waals surface area contributed by atoms with Crippen LogP contribution < -0.4 is 0 Å². The fourth-order valence-electron chi connectivity index (χ4n) is 3.83. The number of ether oxygens (including phenoxy) is 2. The van der Waals surface area contributed by atoms with Crippen LogP contribution >= 0.6 is 0 Å². The van der Waals surface area contributed by atoms with Gasteiger partial charge in [0, 0.05) is 18.4 Å². The summed E-state index contributed by atoms with van der Waals surface area (Å²) in [5.74, 6) is 0.681. The van der Waals surface area contributed by atoms with Gasteiger partial charge in [-0.1, -0.05) is 46.3 Å². The third kappa shape index (κ3) is 3.52. The number of carbonyl (C=O) groups excluding carboxylic acids is 1. The van der Waals surface area contributed by atoms with Crippen molar-refractivity contribution in [3.8, 4) is 0 Å². The van der Waals surface area contributed by atoms with Crippen molar-refractivity contribution < 1.29 is 18.7 Å². The maximum atomic E-state index is 12.1. The summed E-state index contributed by atoms with van der Waals surface area (Å²) in [7, 11) is -0.194. The summed E-state index contributed by atoms with van der Waals surface area (Å²) in [6.45, 7) is 18.5. The molecule has 26 heavy (non-hydrogen) atoms. The van der Waals surface area contributed by atoms with Crippen molar-refractivity contribution in [1.82, 2.24) is 0 Å². The Morgan fingerprint density at radius 2 is 1.96 bits per heavy atom. The second-order valence-corrected chi connectivity index (χ2v) is 14.5. The minimum atomic E-state index is -1.82. The Kier molecular flexibility index (Phi) is 5.57. The topological polar surface area (TPSA) is 44.8 Å². The fourth-order valence-corrected chi connectivity index (χ4v) is 4.88. The van der Waals surface area contributed by atoms with Gasteiger partial charge in [-0.15, -0.1) is 0 Å². The number of hydrogen-bond acceptors (Lipinski definition) is 4. The minimum absolute atomic E-state index is 0.176. The average Bonchev–Trinajstić information content (AvgIpc) is 2.81. The van der Waals surface area contributed by atoms with E-state index < -0.39 is 13.9 Å². The maximum Gasteiger partial charge on any atom is 0.335 e. The molecule has 1 aliphatic heterocycles. The summed E-state index contributed by atoms with van der Waals surface area (Å²) < 4.78 is 18.0. The van der Waals surface area contributed by atoms with Crippen LogP contribution in [0.5, 0.6) is 0 Å². The highest BCUT2D eigenvalue weighted by molar-refractivity contribution is 6.74. The molecule has 0 amide bonds. The summed E-state index contributed by atoms with van der Waals surface area (Å²) >= 11 is 0. The molecule has 5 heteroatoms. The zero-order valence-electron chi connectivity index (χ0n) is 18.0. The molecule has 2 aliphatic rings. The molecule has 0 unspecified atom stereocenters. The third-order valence-corrected chi connectivity index (χ3v) is 11.4. The quantitative estimate of drug-likeness (QED) is 0.373. The molecule has 0 saturated carbocycles.